The van der Waals surface area contributed by atoms with E-state index < -0.39 is 0 Å². The Kier molecular flexibility index (Phi) is 4.21. The van der Waals surface area contributed by atoms with Crippen LogP contribution < -0.4 is 16.6 Å². The fourth-order valence-electron chi connectivity index (χ4n) is 2.57. The number of fused-ring (bicyclic) bond motifs is 1. The van der Waals surface area contributed by atoms with E-state index in [1.807, 2.05) is 12.1 Å². The molecule has 2 N–H and O–H groups in total. The number of aromatic nitrogens is 2. The number of aromatic amines is 1. The predicted octanol–water partition coefficient (Wildman–Crippen LogP) is 1.19. The number of rotatable bonds is 1. The highest BCUT2D eigenvalue weighted by molar-refractivity contribution is 8.93. The van der Waals surface area contributed by atoms with Gasteiger partial charge in [-0.3, -0.25) is 9.36 Å². The van der Waals surface area contributed by atoms with Crippen LogP contribution in [-0.4, -0.2) is 22.6 Å². The molecule has 1 fully saturated rings. The molecule has 3 rings (SSSR count). The summed E-state index contributed by atoms with van der Waals surface area (Å²) >= 11 is 0. The molecule has 19 heavy (non-hydrogen) atoms. The summed E-state index contributed by atoms with van der Waals surface area (Å²) in [5.74, 6) is 0. The van der Waals surface area contributed by atoms with E-state index >= 15 is 0 Å². The molecule has 1 aromatic heterocycles. The highest BCUT2D eigenvalue weighted by Crippen LogP contribution is 2.15. The number of nitrogens with zero attached hydrogens (tertiary/aromatic N) is 1. The van der Waals surface area contributed by atoms with Crippen molar-refractivity contribution in [1.82, 2.24) is 14.9 Å². The molecule has 2 aromatic rings. The second kappa shape index (κ2) is 5.71. The van der Waals surface area contributed by atoms with Crippen LogP contribution in [0.25, 0.3) is 10.9 Å². The summed E-state index contributed by atoms with van der Waals surface area (Å²) in [7, 11) is 0. The maximum absolute atomic E-state index is 12.4. The van der Waals surface area contributed by atoms with E-state index in [1.54, 1.807) is 12.1 Å². The molecule has 102 valence electrons. The smallest absolute Gasteiger partial charge is 0.317 e. The number of hydrogen-bond donors (Lipinski definition) is 2. The Morgan fingerprint density at radius 2 is 1.79 bits per heavy atom. The van der Waals surface area contributed by atoms with Crippen molar-refractivity contribution in [3.63, 3.8) is 0 Å². The van der Waals surface area contributed by atoms with Crippen LogP contribution in [0.2, 0.25) is 0 Å². The molecule has 2 heterocycles. The average molecular weight is 326 g/mol. The first-order chi connectivity index (χ1) is 8.77. The van der Waals surface area contributed by atoms with Crippen LogP contribution in [0.5, 0.6) is 0 Å². The number of piperidine rings is 1. The molecule has 1 saturated heterocycles. The third-order valence-corrected chi connectivity index (χ3v) is 3.51. The molecule has 0 bridgehead atoms. The Hall–Kier alpha value is -1.40. The van der Waals surface area contributed by atoms with E-state index in [2.05, 4.69) is 10.3 Å². The lowest BCUT2D eigenvalue weighted by molar-refractivity contribution is 0.352. The molecule has 0 amide bonds. The van der Waals surface area contributed by atoms with Crippen molar-refractivity contribution in [1.29, 1.82) is 0 Å². The predicted molar refractivity (Wildman–Crippen MR) is 80.3 cm³/mol. The first-order valence-electron chi connectivity index (χ1n) is 6.21. The molecule has 0 aliphatic carbocycles. The largest absolute Gasteiger partial charge is 0.329 e. The van der Waals surface area contributed by atoms with Crippen molar-refractivity contribution < 1.29 is 0 Å². The van der Waals surface area contributed by atoms with E-state index in [4.69, 9.17) is 0 Å². The topological polar surface area (TPSA) is 66.9 Å². The summed E-state index contributed by atoms with van der Waals surface area (Å²) in [6.07, 6.45) is 1.64. The van der Waals surface area contributed by atoms with Crippen LogP contribution in [0.1, 0.15) is 18.9 Å². The van der Waals surface area contributed by atoms with Gasteiger partial charge in [0.15, 0.2) is 0 Å². The molecule has 1 aliphatic rings. The van der Waals surface area contributed by atoms with Crippen molar-refractivity contribution in [2.45, 2.75) is 18.9 Å². The monoisotopic (exact) mass is 325 g/mol. The third-order valence-electron chi connectivity index (χ3n) is 3.51. The van der Waals surface area contributed by atoms with Gasteiger partial charge in [-0.25, -0.2) is 4.79 Å². The fraction of sp³-hybridized carbons (Fsp3) is 0.385. The first-order valence-corrected chi connectivity index (χ1v) is 6.21. The lowest BCUT2D eigenvalue weighted by Crippen LogP contribution is -2.42. The number of para-hydroxylation sites is 1. The molecule has 6 heteroatoms. The van der Waals surface area contributed by atoms with Gasteiger partial charge in [0.05, 0.1) is 10.9 Å². The molecule has 0 atom stereocenters. The molecule has 0 spiro atoms. The summed E-state index contributed by atoms with van der Waals surface area (Å²) in [5.41, 5.74) is 0.129. The highest BCUT2D eigenvalue weighted by Gasteiger charge is 2.19. The van der Waals surface area contributed by atoms with Crippen molar-refractivity contribution in [2.75, 3.05) is 13.1 Å². The fourth-order valence-corrected chi connectivity index (χ4v) is 2.57. The van der Waals surface area contributed by atoms with Gasteiger partial charge in [-0.15, -0.1) is 17.0 Å². The number of halogens is 1. The summed E-state index contributed by atoms with van der Waals surface area (Å²) in [5, 5.41) is 3.81. The zero-order chi connectivity index (χ0) is 12.5. The Bertz CT molecular complexity index is 686. The van der Waals surface area contributed by atoms with Gasteiger partial charge in [0.2, 0.25) is 0 Å². The van der Waals surface area contributed by atoms with Crippen LogP contribution in [0.15, 0.2) is 33.9 Å². The minimum Gasteiger partial charge on any atom is -0.317 e. The van der Waals surface area contributed by atoms with Gasteiger partial charge in [0, 0.05) is 6.04 Å². The Morgan fingerprint density at radius 1 is 1.11 bits per heavy atom. The second-order valence-corrected chi connectivity index (χ2v) is 4.63. The van der Waals surface area contributed by atoms with Crippen LogP contribution in [0.4, 0.5) is 0 Å². The van der Waals surface area contributed by atoms with Gasteiger partial charge >= 0.3 is 5.69 Å². The Morgan fingerprint density at radius 3 is 2.53 bits per heavy atom. The van der Waals surface area contributed by atoms with Crippen molar-refractivity contribution >= 4 is 27.9 Å². The molecule has 1 aliphatic heterocycles. The number of benzene rings is 1. The second-order valence-electron chi connectivity index (χ2n) is 4.63. The quantitative estimate of drug-likeness (QED) is 0.827. The van der Waals surface area contributed by atoms with Crippen LogP contribution in [0.3, 0.4) is 0 Å². The summed E-state index contributed by atoms with van der Waals surface area (Å²) < 4.78 is 1.38. The maximum Gasteiger partial charge on any atom is 0.329 e. The van der Waals surface area contributed by atoms with Gasteiger partial charge in [0.1, 0.15) is 0 Å². The minimum absolute atomic E-state index is 0. The van der Waals surface area contributed by atoms with Gasteiger partial charge in [-0.1, -0.05) is 12.1 Å². The van der Waals surface area contributed by atoms with Crippen molar-refractivity contribution in [3.8, 4) is 0 Å². The molecular formula is C13H16BrN3O2. The lowest BCUT2D eigenvalue weighted by atomic mass is 10.1. The molecule has 1 aromatic carbocycles. The Balaban J connectivity index is 0.00000133. The standard InChI is InChI=1S/C13H15N3O2.BrH/c17-12-10-3-1-2-4-11(10)15-13(18)16(12)9-5-7-14-8-6-9;/h1-4,9,14H,5-8H2,(H,15,18);1H. The average Bonchev–Trinajstić information content (AvgIpc) is 2.40. The van der Waals surface area contributed by atoms with E-state index in [9.17, 15) is 9.59 Å². The van der Waals surface area contributed by atoms with Crippen LogP contribution in [-0.2, 0) is 0 Å². The van der Waals surface area contributed by atoms with E-state index in [0.29, 0.717) is 10.9 Å². The Labute approximate surface area is 120 Å². The zero-order valence-electron chi connectivity index (χ0n) is 10.4. The zero-order valence-corrected chi connectivity index (χ0v) is 12.1. The summed E-state index contributed by atoms with van der Waals surface area (Å²) in [6.45, 7) is 1.70. The maximum atomic E-state index is 12.4. The van der Waals surface area contributed by atoms with Gasteiger partial charge < -0.3 is 10.3 Å². The molecule has 0 unspecified atom stereocenters. The van der Waals surface area contributed by atoms with Crippen molar-refractivity contribution in [2.24, 2.45) is 0 Å². The van der Waals surface area contributed by atoms with E-state index in [0.717, 1.165) is 25.9 Å². The minimum atomic E-state index is -0.300. The molecule has 0 radical (unpaired) electrons. The molecular weight excluding hydrogens is 310 g/mol. The van der Waals surface area contributed by atoms with E-state index in [1.165, 1.54) is 4.57 Å². The first kappa shape index (κ1) is 14.0. The van der Waals surface area contributed by atoms with Crippen molar-refractivity contribution in [3.05, 3.63) is 45.1 Å². The van der Waals surface area contributed by atoms with Gasteiger partial charge in [0.25, 0.3) is 5.56 Å². The van der Waals surface area contributed by atoms with Gasteiger partial charge in [-0.2, -0.15) is 0 Å². The normalized spacial score (nSPS) is 16.2. The number of H-pyrrole nitrogens is 1. The number of nitrogens with one attached hydrogen (secondary N) is 2. The highest BCUT2D eigenvalue weighted by atomic mass is 79.9. The summed E-state index contributed by atoms with van der Waals surface area (Å²) in [6, 6.07) is 7.14. The summed E-state index contributed by atoms with van der Waals surface area (Å²) in [4.78, 5) is 27.2. The molecule has 0 saturated carbocycles. The SMILES string of the molecule is Br.O=c1[nH]c2ccccc2c(=O)n1C1CCNCC1. The molecule has 5 nitrogen and oxygen atoms in total. The lowest BCUT2D eigenvalue weighted by Gasteiger charge is -2.23. The van der Waals surface area contributed by atoms with E-state index in [-0.39, 0.29) is 34.3 Å². The number of hydrogen-bond acceptors (Lipinski definition) is 3. The van der Waals surface area contributed by atoms with Gasteiger partial charge in [-0.05, 0) is 38.1 Å². The van der Waals surface area contributed by atoms with Crippen LogP contribution >= 0.6 is 17.0 Å². The van der Waals surface area contributed by atoms with Crippen LogP contribution in [0, 0.1) is 0 Å². The third kappa shape index (κ3) is 2.50.